The van der Waals surface area contributed by atoms with Crippen LogP contribution < -0.4 is 9.64 Å². The Morgan fingerprint density at radius 1 is 1.12 bits per heavy atom. The lowest BCUT2D eigenvalue weighted by Gasteiger charge is -2.25. The van der Waals surface area contributed by atoms with E-state index >= 15 is 0 Å². The van der Waals surface area contributed by atoms with Crippen LogP contribution in [0.15, 0.2) is 42.9 Å². The summed E-state index contributed by atoms with van der Waals surface area (Å²) in [6.07, 6.45) is 5.43. The van der Waals surface area contributed by atoms with Gasteiger partial charge >= 0.3 is 0 Å². The number of hydrogen-bond donors (Lipinski definition) is 1. The van der Waals surface area contributed by atoms with E-state index in [1.54, 1.807) is 24.2 Å². The maximum atomic E-state index is 10.1. The van der Waals surface area contributed by atoms with Gasteiger partial charge in [0.25, 0.3) is 0 Å². The number of ether oxygens (including phenoxy) is 1. The highest BCUT2D eigenvalue weighted by molar-refractivity contribution is 5.77. The van der Waals surface area contributed by atoms with E-state index in [4.69, 9.17) is 14.7 Å². The zero-order valence-electron chi connectivity index (χ0n) is 19.9. The Kier molecular flexibility index (Phi) is 5.89. The average Bonchev–Trinajstić information content (AvgIpc) is 3.18. The molecule has 9 heteroatoms. The van der Waals surface area contributed by atoms with E-state index in [9.17, 15) is 5.11 Å². The predicted molar refractivity (Wildman–Crippen MR) is 131 cm³/mol. The normalized spacial score (nSPS) is 14.5. The summed E-state index contributed by atoms with van der Waals surface area (Å²) in [5.74, 6) is 1.50. The van der Waals surface area contributed by atoms with Crippen molar-refractivity contribution in [3.63, 3.8) is 0 Å². The van der Waals surface area contributed by atoms with E-state index in [1.807, 2.05) is 37.5 Å². The van der Waals surface area contributed by atoms with E-state index in [0.29, 0.717) is 17.4 Å². The summed E-state index contributed by atoms with van der Waals surface area (Å²) >= 11 is 0. The van der Waals surface area contributed by atoms with Crippen LogP contribution >= 0.6 is 0 Å². The number of aryl methyl sites for hydroxylation is 1. The first kappa shape index (κ1) is 22.2. The second-order valence-electron chi connectivity index (χ2n) is 8.83. The molecule has 0 spiro atoms. The fourth-order valence-electron chi connectivity index (χ4n) is 4.41. The van der Waals surface area contributed by atoms with Gasteiger partial charge < -0.3 is 14.7 Å². The minimum atomic E-state index is -0.0512. The van der Waals surface area contributed by atoms with Crippen LogP contribution in [0.2, 0.25) is 0 Å². The Labute approximate surface area is 198 Å². The zero-order valence-corrected chi connectivity index (χ0v) is 19.9. The summed E-state index contributed by atoms with van der Waals surface area (Å²) in [5, 5.41) is 14.4. The summed E-state index contributed by atoms with van der Waals surface area (Å²) in [6, 6.07) is 8.25. The first-order chi connectivity index (χ1) is 16.5. The topological polar surface area (TPSA) is 92.4 Å². The predicted octanol–water partition coefficient (Wildman–Crippen LogP) is 3.29. The highest BCUT2D eigenvalue weighted by Crippen LogP contribution is 2.37. The molecule has 1 aromatic carbocycles. The third-order valence-electron chi connectivity index (χ3n) is 6.36. The van der Waals surface area contributed by atoms with Crippen LogP contribution in [0.5, 0.6) is 5.75 Å². The molecule has 1 aliphatic heterocycles. The van der Waals surface area contributed by atoms with Crippen LogP contribution in [0, 0.1) is 0 Å². The van der Waals surface area contributed by atoms with Crippen molar-refractivity contribution in [1.82, 2.24) is 29.6 Å². The van der Waals surface area contributed by atoms with E-state index in [0.717, 1.165) is 59.0 Å². The largest absolute Gasteiger partial charge is 0.497 e. The summed E-state index contributed by atoms with van der Waals surface area (Å²) in [7, 11) is 3.52. The highest BCUT2D eigenvalue weighted by Gasteiger charge is 2.26. The van der Waals surface area contributed by atoms with Gasteiger partial charge in [0.15, 0.2) is 5.65 Å². The smallest absolute Gasteiger partial charge is 0.180 e. The molecule has 0 saturated heterocycles. The number of methoxy groups -OCH3 is 1. The number of nitrogens with zero attached hydrogens (tertiary/aromatic N) is 7. The molecule has 0 unspecified atom stereocenters. The Bertz CT molecular complexity index is 1330. The molecule has 0 aliphatic carbocycles. The molecule has 34 heavy (non-hydrogen) atoms. The lowest BCUT2D eigenvalue weighted by atomic mass is 10.0. The van der Waals surface area contributed by atoms with Gasteiger partial charge in [-0.15, -0.1) is 0 Å². The molecule has 9 nitrogen and oxygen atoms in total. The van der Waals surface area contributed by atoms with Crippen molar-refractivity contribution in [2.45, 2.75) is 33.0 Å². The van der Waals surface area contributed by atoms with Crippen molar-refractivity contribution in [3.05, 3.63) is 54.0 Å². The molecular formula is C25H29N7O2. The minimum absolute atomic E-state index is 0.0512. The maximum Gasteiger partial charge on any atom is 0.180 e. The molecule has 4 aromatic rings. The van der Waals surface area contributed by atoms with Crippen LogP contribution in [0.1, 0.15) is 25.0 Å². The summed E-state index contributed by atoms with van der Waals surface area (Å²) in [5.41, 5.74) is 5.89. The minimum Gasteiger partial charge on any atom is -0.497 e. The number of aliphatic hydroxyl groups is 1. The standard InChI is InChI=1S/C25H29N7O2/c1-16(2)31-7-8-32(23-10-19(34-4)9-17(15-33)20(23)14-31)24-6-5-21-25(29-24)28-22(12-26-21)18-11-27-30(3)13-18/h5-6,9-13,16,33H,7-8,14-15H2,1-4H3. The first-order valence-electron chi connectivity index (χ1n) is 11.4. The Morgan fingerprint density at radius 2 is 1.97 bits per heavy atom. The molecule has 176 valence electrons. The maximum absolute atomic E-state index is 10.1. The Hall–Kier alpha value is -3.56. The third-order valence-corrected chi connectivity index (χ3v) is 6.36. The Morgan fingerprint density at radius 3 is 2.68 bits per heavy atom. The second-order valence-corrected chi connectivity index (χ2v) is 8.83. The summed E-state index contributed by atoms with van der Waals surface area (Å²) in [6.45, 7) is 6.70. The van der Waals surface area contributed by atoms with Gasteiger partial charge in [0.2, 0.25) is 0 Å². The van der Waals surface area contributed by atoms with Crippen molar-refractivity contribution >= 4 is 22.7 Å². The molecule has 0 atom stereocenters. The van der Waals surface area contributed by atoms with E-state index in [-0.39, 0.29) is 6.61 Å². The number of benzene rings is 1. The number of aliphatic hydroxyl groups excluding tert-OH is 1. The van der Waals surface area contributed by atoms with Crippen LogP contribution in [0.4, 0.5) is 11.5 Å². The van der Waals surface area contributed by atoms with Crippen molar-refractivity contribution in [2.24, 2.45) is 7.05 Å². The SMILES string of the molecule is COc1cc(CO)c2c(c1)N(c1ccc3ncc(-c4cnn(C)c4)nc3n1)CCN(C(C)C)C2. The van der Waals surface area contributed by atoms with Crippen LogP contribution in [-0.4, -0.2) is 61.0 Å². The van der Waals surface area contributed by atoms with Gasteiger partial charge in [-0.3, -0.25) is 14.6 Å². The van der Waals surface area contributed by atoms with E-state index in [1.165, 1.54) is 0 Å². The lowest BCUT2D eigenvalue weighted by Crippen LogP contribution is -2.34. The molecule has 0 saturated carbocycles. The quantitative estimate of drug-likeness (QED) is 0.486. The van der Waals surface area contributed by atoms with Gasteiger partial charge in [-0.2, -0.15) is 5.10 Å². The van der Waals surface area contributed by atoms with E-state index < -0.39 is 0 Å². The number of hydrogen-bond acceptors (Lipinski definition) is 8. The highest BCUT2D eigenvalue weighted by atomic mass is 16.5. The molecule has 1 aliphatic rings. The molecule has 4 heterocycles. The van der Waals surface area contributed by atoms with Gasteiger partial charge in [0.05, 0.1) is 37.5 Å². The van der Waals surface area contributed by atoms with Crippen molar-refractivity contribution in [3.8, 4) is 17.0 Å². The molecule has 0 bridgehead atoms. The molecule has 0 fully saturated rings. The van der Waals surface area contributed by atoms with Gasteiger partial charge in [0.1, 0.15) is 17.1 Å². The van der Waals surface area contributed by atoms with Crippen LogP contribution in [0.3, 0.4) is 0 Å². The van der Waals surface area contributed by atoms with Gasteiger partial charge in [-0.25, -0.2) is 9.97 Å². The summed E-state index contributed by atoms with van der Waals surface area (Å²) in [4.78, 5) is 18.9. The van der Waals surface area contributed by atoms with Crippen molar-refractivity contribution in [2.75, 3.05) is 25.1 Å². The summed E-state index contributed by atoms with van der Waals surface area (Å²) < 4.78 is 7.30. The molecule has 3 aromatic heterocycles. The molecule has 1 N–H and O–H groups in total. The molecular weight excluding hydrogens is 430 g/mol. The van der Waals surface area contributed by atoms with E-state index in [2.05, 4.69) is 33.7 Å². The fourth-order valence-corrected chi connectivity index (χ4v) is 4.41. The molecule has 0 amide bonds. The Balaban J connectivity index is 1.63. The number of rotatable bonds is 5. The molecule has 5 rings (SSSR count). The van der Waals surface area contributed by atoms with Gasteiger partial charge in [-0.05, 0) is 43.2 Å². The van der Waals surface area contributed by atoms with Crippen LogP contribution in [-0.2, 0) is 20.2 Å². The number of fused-ring (bicyclic) bond motifs is 2. The first-order valence-corrected chi connectivity index (χ1v) is 11.4. The number of pyridine rings is 1. The van der Waals surface area contributed by atoms with Crippen molar-refractivity contribution < 1.29 is 9.84 Å². The van der Waals surface area contributed by atoms with Crippen LogP contribution in [0.25, 0.3) is 22.4 Å². The molecule has 0 radical (unpaired) electrons. The zero-order chi connectivity index (χ0) is 23.8. The average molecular weight is 460 g/mol. The number of anilines is 2. The lowest BCUT2D eigenvalue weighted by molar-refractivity contribution is 0.220. The number of aromatic nitrogens is 5. The van der Waals surface area contributed by atoms with Gasteiger partial charge in [-0.1, -0.05) is 0 Å². The van der Waals surface area contributed by atoms with Gasteiger partial charge in [0, 0.05) is 50.6 Å². The third kappa shape index (κ3) is 4.08. The monoisotopic (exact) mass is 459 g/mol. The fraction of sp³-hybridized carbons (Fsp3) is 0.360. The second kappa shape index (κ2) is 9.00. The van der Waals surface area contributed by atoms with Crippen molar-refractivity contribution in [1.29, 1.82) is 0 Å².